The molecule has 4 rings (SSSR count). The Morgan fingerprint density at radius 3 is 2.92 bits per heavy atom. The molecule has 0 saturated carbocycles. The second-order valence-electron chi connectivity index (χ2n) is 5.80. The van der Waals surface area contributed by atoms with E-state index in [0.29, 0.717) is 4.88 Å². The van der Waals surface area contributed by atoms with Crippen LogP contribution in [0.1, 0.15) is 34.1 Å². The van der Waals surface area contributed by atoms with E-state index < -0.39 is 4.92 Å². The first-order valence-electron chi connectivity index (χ1n) is 7.64. The zero-order valence-electron chi connectivity index (χ0n) is 12.7. The third kappa shape index (κ3) is 2.59. The number of hydrogen-bond donors (Lipinski definition) is 0. The Bertz CT molecular complexity index is 917. The molecule has 0 spiro atoms. The monoisotopic (exact) mass is 358 g/mol. The van der Waals surface area contributed by atoms with Crippen molar-refractivity contribution < 1.29 is 9.72 Å². The number of rotatable bonds is 3. The van der Waals surface area contributed by atoms with Crippen LogP contribution in [0.4, 0.5) is 5.69 Å². The Morgan fingerprint density at radius 2 is 2.17 bits per heavy atom. The molecule has 3 heterocycles. The average molecular weight is 358 g/mol. The fraction of sp³-hybridized carbons (Fsp3) is 0.235. The van der Waals surface area contributed by atoms with Gasteiger partial charge < -0.3 is 4.90 Å². The number of nitrogens with zero attached hydrogens (tertiary/aromatic N) is 2. The lowest BCUT2D eigenvalue weighted by Crippen LogP contribution is -2.29. The minimum absolute atomic E-state index is 0.0209. The van der Waals surface area contributed by atoms with Gasteiger partial charge in [0.2, 0.25) is 0 Å². The maximum absolute atomic E-state index is 12.9. The lowest BCUT2D eigenvalue weighted by molar-refractivity contribution is -0.384. The molecule has 1 aliphatic rings. The summed E-state index contributed by atoms with van der Waals surface area (Å²) in [5.74, 6) is 0.0209. The molecule has 5 nitrogen and oxygen atoms in total. The second kappa shape index (κ2) is 5.99. The molecular weight excluding hydrogens is 344 g/mol. The standard InChI is InChI=1S/C17H14N2O3S2/c20-17(18-6-1-2-14(18)11-5-7-23-10-11)16-9-12-8-13(19(21)22)3-4-15(12)24-16/h3-5,7-10,14H,1-2,6H2. The highest BCUT2D eigenvalue weighted by Gasteiger charge is 2.31. The van der Waals surface area contributed by atoms with Gasteiger partial charge >= 0.3 is 0 Å². The first-order valence-corrected chi connectivity index (χ1v) is 9.40. The summed E-state index contributed by atoms with van der Waals surface area (Å²) in [5.41, 5.74) is 1.25. The minimum Gasteiger partial charge on any atom is -0.331 e. The lowest BCUT2D eigenvalue weighted by Gasteiger charge is -2.23. The van der Waals surface area contributed by atoms with Crippen molar-refractivity contribution in [2.24, 2.45) is 0 Å². The molecule has 1 unspecified atom stereocenters. The number of thiophene rings is 2. The lowest BCUT2D eigenvalue weighted by atomic mass is 10.1. The summed E-state index contributed by atoms with van der Waals surface area (Å²) in [6.07, 6.45) is 1.99. The number of nitro groups is 1. The molecule has 7 heteroatoms. The number of amides is 1. The molecule has 0 aliphatic carbocycles. The van der Waals surface area contributed by atoms with Gasteiger partial charge in [-0.2, -0.15) is 11.3 Å². The van der Waals surface area contributed by atoms with Crippen LogP contribution in [-0.4, -0.2) is 22.3 Å². The maximum Gasteiger partial charge on any atom is 0.270 e. The molecule has 1 atom stereocenters. The van der Waals surface area contributed by atoms with E-state index in [4.69, 9.17) is 0 Å². The van der Waals surface area contributed by atoms with Crippen molar-refractivity contribution in [3.8, 4) is 0 Å². The molecular formula is C17H14N2O3S2. The van der Waals surface area contributed by atoms with Crippen molar-refractivity contribution in [2.45, 2.75) is 18.9 Å². The summed E-state index contributed by atoms with van der Waals surface area (Å²) in [5, 5.41) is 15.8. The Hall–Kier alpha value is -2.25. The molecule has 24 heavy (non-hydrogen) atoms. The first kappa shape index (κ1) is 15.3. The molecule has 122 valence electrons. The van der Waals surface area contributed by atoms with E-state index in [1.54, 1.807) is 23.5 Å². The summed E-state index contributed by atoms with van der Waals surface area (Å²) >= 11 is 3.05. The quantitative estimate of drug-likeness (QED) is 0.497. The highest BCUT2D eigenvalue weighted by Crippen LogP contribution is 2.36. The molecule has 3 aromatic rings. The van der Waals surface area contributed by atoms with E-state index in [-0.39, 0.29) is 17.6 Å². The number of non-ortho nitro benzene ring substituents is 1. The topological polar surface area (TPSA) is 63.4 Å². The van der Waals surface area contributed by atoms with Gasteiger partial charge in [0.05, 0.1) is 15.8 Å². The molecule has 0 N–H and O–H groups in total. The van der Waals surface area contributed by atoms with Gasteiger partial charge in [-0.25, -0.2) is 0 Å². The van der Waals surface area contributed by atoms with Gasteiger partial charge in [-0.1, -0.05) is 0 Å². The number of hydrogen-bond acceptors (Lipinski definition) is 5. The number of nitro benzene ring substituents is 1. The summed E-state index contributed by atoms with van der Waals surface area (Å²) in [4.78, 5) is 26.0. The number of benzene rings is 1. The van der Waals surface area contributed by atoms with E-state index in [0.717, 1.165) is 29.5 Å². The molecule has 1 fully saturated rings. The number of fused-ring (bicyclic) bond motifs is 1. The van der Waals surface area contributed by atoms with Gasteiger partial charge in [0.15, 0.2) is 0 Å². The third-order valence-corrected chi connectivity index (χ3v) is 6.17. The van der Waals surface area contributed by atoms with Crippen molar-refractivity contribution in [1.82, 2.24) is 4.90 Å². The third-order valence-electron chi connectivity index (χ3n) is 4.36. The summed E-state index contributed by atoms with van der Waals surface area (Å²) in [7, 11) is 0. The van der Waals surface area contributed by atoms with E-state index in [2.05, 4.69) is 11.4 Å². The summed E-state index contributed by atoms with van der Waals surface area (Å²) < 4.78 is 0.898. The van der Waals surface area contributed by atoms with Crippen LogP contribution in [0.15, 0.2) is 41.1 Å². The normalized spacial score (nSPS) is 17.5. The predicted octanol–water partition coefficient (Wildman–Crippen LogP) is 4.85. The van der Waals surface area contributed by atoms with Crippen molar-refractivity contribution in [2.75, 3.05) is 6.54 Å². The molecule has 2 aromatic heterocycles. The first-order chi connectivity index (χ1) is 11.6. The van der Waals surface area contributed by atoms with Crippen molar-refractivity contribution in [3.05, 3.63) is 61.6 Å². The molecule has 1 saturated heterocycles. The number of carbonyl (C=O) groups is 1. The SMILES string of the molecule is O=C(c1cc2cc([N+](=O)[O-])ccc2s1)N1CCCC1c1ccsc1. The van der Waals surface area contributed by atoms with Crippen LogP contribution < -0.4 is 0 Å². The van der Waals surface area contributed by atoms with E-state index >= 15 is 0 Å². The van der Waals surface area contributed by atoms with Gasteiger partial charge in [-0.3, -0.25) is 14.9 Å². The summed E-state index contributed by atoms with van der Waals surface area (Å²) in [6, 6.07) is 8.73. The molecule has 0 radical (unpaired) electrons. The van der Waals surface area contributed by atoms with E-state index in [1.165, 1.54) is 29.0 Å². The highest BCUT2D eigenvalue weighted by atomic mass is 32.1. The van der Waals surface area contributed by atoms with Gasteiger partial charge in [0.1, 0.15) is 0 Å². The zero-order chi connectivity index (χ0) is 16.7. The van der Waals surface area contributed by atoms with E-state index in [9.17, 15) is 14.9 Å². The minimum atomic E-state index is -0.411. The predicted molar refractivity (Wildman–Crippen MR) is 95.8 cm³/mol. The van der Waals surface area contributed by atoms with Crippen molar-refractivity contribution >= 4 is 44.4 Å². The van der Waals surface area contributed by atoms with Crippen LogP contribution in [-0.2, 0) is 0 Å². The maximum atomic E-state index is 12.9. The Labute approximate surface area is 146 Å². The number of carbonyl (C=O) groups excluding carboxylic acids is 1. The van der Waals surface area contributed by atoms with Crippen LogP contribution in [0, 0.1) is 10.1 Å². The van der Waals surface area contributed by atoms with Gasteiger partial charge in [-0.05, 0) is 47.4 Å². The van der Waals surface area contributed by atoms with E-state index in [1.807, 2.05) is 10.3 Å². The fourth-order valence-corrected chi connectivity index (χ4v) is 4.92. The Kier molecular flexibility index (Phi) is 3.82. The Morgan fingerprint density at radius 1 is 1.29 bits per heavy atom. The van der Waals surface area contributed by atoms with Crippen molar-refractivity contribution in [1.29, 1.82) is 0 Å². The molecule has 1 aromatic carbocycles. The molecule has 1 amide bonds. The smallest absolute Gasteiger partial charge is 0.270 e. The highest BCUT2D eigenvalue weighted by molar-refractivity contribution is 7.20. The number of likely N-dealkylation sites (tertiary alicyclic amines) is 1. The van der Waals surface area contributed by atoms with Crippen LogP contribution >= 0.6 is 22.7 Å². The largest absolute Gasteiger partial charge is 0.331 e. The van der Waals surface area contributed by atoms with Crippen LogP contribution in [0.2, 0.25) is 0 Å². The molecule has 1 aliphatic heterocycles. The summed E-state index contributed by atoms with van der Waals surface area (Å²) in [6.45, 7) is 0.758. The zero-order valence-corrected chi connectivity index (χ0v) is 14.3. The van der Waals surface area contributed by atoms with Crippen LogP contribution in [0.3, 0.4) is 0 Å². The average Bonchev–Trinajstić information content (AvgIpc) is 3.30. The van der Waals surface area contributed by atoms with Crippen LogP contribution in [0.25, 0.3) is 10.1 Å². The van der Waals surface area contributed by atoms with Crippen LogP contribution in [0.5, 0.6) is 0 Å². The van der Waals surface area contributed by atoms with Gasteiger partial charge in [-0.15, -0.1) is 11.3 Å². The van der Waals surface area contributed by atoms with Crippen molar-refractivity contribution in [3.63, 3.8) is 0 Å². The second-order valence-corrected chi connectivity index (χ2v) is 7.67. The Balaban J connectivity index is 1.66. The molecule has 0 bridgehead atoms. The van der Waals surface area contributed by atoms with Gasteiger partial charge in [0, 0.05) is 28.8 Å². The van der Waals surface area contributed by atoms with Gasteiger partial charge in [0.25, 0.3) is 11.6 Å². The fourth-order valence-electron chi connectivity index (χ4n) is 3.21.